The summed E-state index contributed by atoms with van der Waals surface area (Å²) in [5.74, 6) is 0.691. The van der Waals surface area contributed by atoms with Gasteiger partial charge in [-0.3, -0.25) is 4.99 Å². The fourth-order valence-electron chi connectivity index (χ4n) is 2.08. The summed E-state index contributed by atoms with van der Waals surface area (Å²) >= 11 is 0. The number of aliphatic hydroxyl groups is 1. The van der Waals surface area contributed by atoms with Gasteiger partial charge >= 0.3 is 6.09 Å². The van der Waals surface area contributed by atoms with Gasteiger partial charge in [-0.1, -0.05) is 0 Å². The highest BCUT2D eigenvalue weighted by atomic mass is 16.6. The zero-order chi connectivity index (χ0) is 18.4. The molecule has 0 radical (unpaired) electrons. The largest absolute Gasteiger partial charge is 0.444 e. The Balaban J connectivity index is 2.54. The van der Waals surface area contributed by atoms with Gasteiger partial charge in [-0.25, -0.2) is 4.79 Å². The second-order valence-corrected chi connectivity index (χ2v) is 8.22. The van der Waals surface area contributed by atoms with Gasteiger partial charge in [-0.05, 0) is 54.4 Å². The zero-order valence-corrected chi connectivity index (χ0v) is 16.0. The van der Waals surface area contributed by atoms with Gasteiger partial charge < -0.3 is 25.8 Å². The van der Waals surface area contributed by atoms with Crippen molar-refractivity contribution in [3.8, 4) is 0 Å². The molecule has 1 amide bonds. The van der Waals surface area contributed by atoms with Crippen LogP contribution in [-0.4, -0.2) is 54.5 Å². The van der Waals surface area contributed by atoms with Crippen molar-refractivity contribution in [2.75, 3.05) is 26.2 Å². The predicted octanol–water partition coefficient (Wildman–Crippen LogP) is 1.62. The highest BCUT2D eigenvalue weighted by molar-refractivity contribution is 5.80. The predicted molar refractivity (Wildman–Crippen MR) is 96.2 cm³/mol. The Kier molecular flexibility index (Phi) is 6.89. The van der Waals surface area contributed by atoms with Crippen molar-refractivity contribution in [1.82, 2.24) is 16.0 Å². The first-order chi connectivity index (χ1) is 11.0. The topological polar surface area (TPSA) is 95.0 Å². The van der Waals surface area contributed by atoms with E-state index in [0.29, 0.717) is 19.0 Å². The summed E-state index contributed by atoms with van der Waals surface area (Å²) in [6.45, 7) is 13.4. The van der Waals surface area contributed by atoms with Gasteiger partial charge in [0.05, 0.1) is 18.7 Å². The molecule has 1 aliphatic carbocycles. The summed E-state index contributed by atoms with van der Waals surface area (Å²) < 4.78 is 5.29. The summed E-state index contributed by atoms with van der Waals surface area (Å²) in [7, 11) is 0. The van der Waals surface area contributed by atoms with Crippen LogP contribution in [0.1, 0.15) is 54.4 Å². The second kappa shape index (κ2) is 8.05. The average molecular weight is 342 g/mol. The van der Waals surface area contributed by atoms with Gasteiger partial charge in [-0.15, -0.1) is 0 Å². The van der Waals surface area contributed by atoms with Crippen LogP contribution >= 0.6 is 0 Å². The first kappa shape index (κ1) is 20.5. The third-order valence-corrected chi connectivity index (χ3v) is 3.74. The number of nitrogens with zero attached hydrogens (tertiary/aromatic N) is 1. The van der Waals surface area contributed by atoms with Crippen molar-refractivity contribution >= 4 is 12.1 Å². The van der Waals surface area contributed by atoms with Crippen LogP contribution in [-0.2, 0) is 4.74 Å². The Morgan fingerprint density at radius 3 is 2.29 bits per heavy atom. The van der Waals surface area contributed by atoms with Gasteiger partial charge in [-0.2, -0.15) is 0 Å². The van der Waals surface area contributed by atoms with Gasteiger partial charge in [0.25, 0.3) is 0 Å². The molecule has 4 N–H and O–H groups in total. The summed E-state index contributed by atoms with van der Waals surface area (Å²) in [4.78, 5) is 16.5. The molecule has 24 heavy (non-hydrogen) atoms. The van der Waals surface area contributed by atoms with Crippen LogP contribution in [0.3, 0.4) is 0 Å². The molecule has 0 aromatic rings. The van der Waals surface area contributed by atoms with E-state index >= 15 is 0 Å². The quantitative estimate of drug-likeness (QED) is 0.417. The molecule has 0 bridgehead atoms. The van der Waals surface area contributed by atoms with Crippen molar-refractivity contribution in [3.63, 3.8) is 0 Å². The normalized spacial score (nSPS) is 17.2. The number of guanidine groups is 1. The van der Waals surface area contributed by atoms with E-state index in [0.717, 1.165) is 19.4 Å². The van der Waals surface area contributed by atoms with E-state index in [1.54, 1.807) is 0 Å². The van der Waals surface area contributed by atoms with Crippen LogP contribution in [0.15, 0.2) is 4.99 Å². The number of aliphatic imine (C=N–C) groups is 1. The highest BCUT2D eigenvalue weighted by Crippen LogP contribution is 2.44. The number of carbonyl (C=O) groups is 1. The summed E-state index contributed by atoms with van der Waals surface area (Å²) in [5.41, 5.74) is -1.04. The van der Waals surface area contributed by atoms with E-state index in [9.17, 15) is 9.90 Å². The van der Waals surface area contributed by atoms with Crippen LogP contribution in [0.25, 0.3) is 0 Å². The highest BCUT2D eigenvalue weighted by Gasteiger charge is 2.41. The lowest BCUT2D eigenvalue weighted by Crippen LogP contribution is -2.49. The fourth-order valence-corrected chi connectivity index (χ4v) is 2.08. The van der Waals surface area contributed by atoms with E-state index in [1.807, 2.05) is 41.5 Å². The number of rotatable bonds is 7. The lowest BCUT2D eigenvalue weighted by atomic mass is 10.1. The SMILES string of the molecule is CCNC(=NCC(C)(C)NC(=O)OC(C)(C)C)NCC1(CO)CC1. The van der Waals surface area contributed by atoms with Crippen molar-refractivity contribution in [2.24, 2.45) is 10.4 Å². The second-order valence-electron chi connectivity index (χ2n) is 8.22. The molecule has 0 aromatic carbocycles. The van der Waals surface area contributed by atoms with Gasteiger partial charge in [0, 0.05) is 18.5 Å². The van der Waals surface area contributed by atoms with Gasteiger partial charge in [0.2, 0.25) is 0 Å². The molecule has 1 saturated carbocycles. The van der Waals surface area contributed by atoms with Crippen LogP contribution in [0.2, 0.25) is 0 Å². The summed E-state index contributed by atoms with van der Waals surface area (Å²) in [6.07, 6.45) is 1.64. The number of hydrogen-bond acceptors (Lipinski definition) is 4. The van der Waals surface area contributed by atoms with Crippen LogP contribution < -0.4 is 16.0 Å². The van der Waals surface area contributed by atoms with Gasteiger partial charge in [0.1, 0.15) is 5.60 Å². The molecule has 0 saturated heterocycles. The lowest BCUT2D eigenvalue weighted by Gasteiger charge is -2.27. The maximum Gasteiger partial charge on any atom is 0.408 e. The third kappa shape index (κ3) is 7.86. The molecule has 0 unspecified atom stereocenters. The Labute approximate surface area is 145 Å². The van der Waals surface area contributed by atoms with Crippen LogP contribution in [0, 0.1) is 5.41 Å². The first-order valence-corrected chi connectivity index (χ1v) is 8.65. The Hall–Kier alpha value is -1.50. The fraction of sp³-hybridized carbons (Fsp3) is 0.882. The number of ether oxygens (including phenoxy) is 1. The maximum atomic E-state index is 11.9. The molecule has 1 rings (SSSR count). The molecule has 0 spiro atoms. The number of hydrogen-bond donors (Lipinski definition) is 4. The first-order valence-electron chi connectivity index (χ1n) is 8.65. The Bertz CT molecular complexity index is 451. The minimum atomic E-state index is -0.529. The van der Waals surface area contributed by atoms with E-state index in [-0.39, 0.29) is 12.0 Å². The number of nitrogens with one attached hydrogen (secondary N) is 3. The number of amides is 1. The lowest BCUT2D eigenvalue weighted by molar-refractivity contribution is 0.0476. The van der Waals surface area contributed by atoms with Crippen LogP contribution in [0.4, 0.5) is 4.79 Å². The molecule has 0 aromatic heterocycles. The maximum absolute atomic E-state index is 11.9. The molecule has 140 valence electrons. The summed E-state index contributed by atoms with van der Waals surface area (Å²) in [6, 6.07) is 0. The molecule has 0 aliphatic heterocycles. The molecule has 7 nitrogen and oxygen atoms in total. The van der Waals surface area contributed by atoms with Gasteiger partial charge in [0.15, 0.2) is 5.96 Å². The molecule has 1 aliphatic rings. The Morgan fingerprint density at radius 1 is 1.21 bits per heavy atom. The number of carbonyl (C=O) groups excluding carboxylic acids is 1. The van der Waals surface area contributed by atoms with Crippen molar-refractivity contribution in [1.29, 1.82) is 0 Å². The zero-order valence-electron chi connectivity index (χ0n) is 16.0. The summed E-state index contributed by atoms with van der Waals surface area (Å²) in [5, 5.41) is 18.7. The average Bonchev–Trinajstić information content (AvgIpc) is 3.20. The molecular formula is C17H34N4O3. The molecule has 1 fully saturated rings. The minimum absolute atomic E-state index is 0.0144. The monoisotopic (exact) mass is 342 g/mol. The van der Waals surface area contributed by atoms with Crippen molar-refractivity contribution < 1.29 is 14.6 Å². The number of alkyl carbamates (subject to hydrolysis) is 1. The molecule has 7 heteroatoms. The minimum Gasteiger partial charge on any atom is -0.444 e. The third-order valence-electron chi connectivity index (χ3n) is 3.74. The number of aliphatic hydroxyl groups excluding tert-OH is 1. The van der Waals surface area contributed by atoms with Crippen LogP contribution in [0.5, 0.6) is 0 Å². The van der Waals surface area contributed by atoms with E-state index in [4.69, 9.17) is 4.74 Å². The Morgan fingerprint density at radius 2 is 1.83 bits per heavy atom. The molecular weight excluding hydrogens is 308 g/mol. The standard InChI is InChI=1S/C17H34N4O3/c1-7-18-13(20-11-17(12-22)8-9-17)19-10-16(5,6)21-14(23)24-15(2,3)4/h22H,7-12H2,1-6H3,(H,21,23)(H2,18,19,20). The van der Waals surface area contributed by atoms with Crippen molar-refractivity contribution in [3.05, 3.63) is 0 Å². The molecule has 0 atom stereocenters. The van der Waals surface area contributed by atoms with E-state index in [1.165, 1.54) is 0 Å². The van der Waals surface area contributed by atoms with E-state index in [2.05, 4.69) is 20.9 Å². The van der Waals surface area contributed by atoms with Crippen molar-refractivity contribution in [2.45, 2.75) is 65.5 Å². The van der Waals surface area contributed by atoms with E-state index < -0.39 is 17.2 Å². The molecule has 0 heterocycles. The smallest absolute Gasteiger partial charge is 0.408 e.